The summed E-state index contributed by atoms with van der Waals surface area (Å²) in [5.74, 6) is 2.44. The van der Waals surface area contributed by atoms with Crippen LogP contribution in [-0.4, -0.2) is 40.7 Å². The third kappa shape index (κ3) is 6.11. The molecule has 1 atom stereocenters. The molecule has 0 aliphatic carbocycles. The Balaban J connectivity index is 1.56. The van der Waals surface area contributed by atoms with Gasteiger partial charge in [0.05, 0.1) is 11.5 Å². The average Bonchev–Trinajstić information content (AvgIpc) is 3.09. The number of sulfonamides is 1. The minimum Gasteiger partial charge on any atom is -0.494 e. The minimum atomic E-state index is -3.67. The molecule has 2 aromatic rings. The predicted molar refractivity (Wildman–Crippen MR) is 121 cm³/mol. The highest BCUT2D eigenvalue weighted by molar-refractivity contribution is 7.89. The number of nitrogens with two attached hydrogens (primary N) is 1. The number of fused-ring (bicyclic) bond motifs is 1. The SMILES string of the molecule is CCOc1cc2c(cc1CNC(=NC)NCCc1ccc(S(N)(=O)=O)cc1)OC(C)C2. The number of hydrogen-bond acceptors (Lipinski definition) is 5. The summed E-state index contributed by atoms with van der Waals surface area (Å²) in [7, 11) is -1.95. The number of nitrogens with zero attached hydrogens (tertiary/aromatic N) is 1. The smallest absolute Gasteiger partial charge is 0.238 e. The molecule has 1 aliphatic heterocycles. The highest BCUT2D eigenvalue weighted by Crippen LogP contribution is 2.35. The van der Waals surface area contributed by atoms with Crippen molar-refractivity contribution in [3.8, 4) is 11.5 Å². The Kier molecular flexibility index (Phi) is 7.40. The zero-order valence-electron chi connectivity index (χ0n) is 18.1. The monoisotopic (exact) mass is 446 g/mol. The molecule has 1 unspecified atom stereocenters. The van der Waals surface area contributed by atoms with Gasteiger partial charge in [-0.25, -0.2) is 13.6 Å². The van der Waals surface area contributed by atoms with Gasteiger partial charge in [-0.3, -0.25) is 4.99 Å². The topological polar surface area (TPSA) is 115 Å². The fourth-order valence-electron chi connectivity index (χ4n) is 3.48. The molecule has 168 valence electrons. The molecule has 0 saturated heterocycles. The molecule has 9 heteroatoms. The quantitative estimate of drug-likeness (QED) is 0.422. The van der Waals surface area contributed by atoms with Crippen LogP contribution in [0.5, 0.6) is 11.5 Å². The normalized spacial score (nSPS) is 15.9. The molecule has 8 nitrogen and oxygen atoms in total. The molecular weight excluding hydrogens is 416 g/mol. The number of ether oxygens (including phenoxy) is 2. The zero-order chi connectivity index (χ0) is 22.4. The van der Waals surface area contributed by atoms with E-state index >= 15 is 0 Å². The average molecular weight is 447 g/mol. The zero-order valence-corrected chi connectivity index (χ0v) is 19.0. The predicted octanol–water partition coefficient (Wildman–Crippen LogP) is 1.96. The number of hydrogen-bond donors (Lipinski definition) is 3. The number of rotatable bonds is 8. The van der Waals surface area contributed by atoms with Crippen LogP contribution in [-0.2, 0) is 29.4 Å². The van der Waals surface area contributed by atoms with E-state index in [4.69, 9.17) is 14.6 Å². The van der Waals surface area contributed by atoms with Crippen molar-refractivity contribution in [2.75, 3.05) is 20.2 Å². The first-order chi connectivity index (χ1) is 14.8. The van der Waals surface area contributed by atoms with E-state index in [1.165, 1.54) is 17.7 Å². The summed E-state index contributed by atoms with van der Waals surface area (Å²) in [6, 6.07) is 10.7. The van der Waals surface area contributed by atoms with Gasteiger partial charge in [0, 0.05) is 37.7 Å². The van der Waals surface area contributed by atoms with Gasteiger partial charge in [0.2, 0.25) is 10.0 Å². The van der Waals surface area contributed by atoms with Gasteiger partial charge in [-0.2, -0.15) is 0 Å². The molecule has 2 aromatic carbocycles. The summed E-state index contributed by atoms with van der Waals surface area (Å²) in [6.07, 6.45) is 1.78. The fraction of sp³-hybridized carbons (Fsp3) is 0.409. The Bertz CT molecular complexity index is 1040. The third-order valence-electron chi connectivity index (χ3n) is 5.01. The van der Waals surface area contributed by atoms with E-state index in [0.717, 1.165) is 29.0 Å². The van der Waals surface area contributed by atoms with Crippen LogP contribution in [0, 0.1) is 0 Å². The van der Waals surface area contributed by atoms with Crippen LogP contribution in [0.15, 0.2) is 46.3 Å². The lowest BCUT2D eigenvalue weighted by Gasteiger charge is -2.16. The van der Waals surface area contributed by atoms with Crippen LogP contribution >= 0.6 is 0 Å². The van der Waals surface area contributed by atoms with Gasteiger partial charge in [-0.1, -0.05) is 12.1 Å². The maximum absolute atomic E-state index is 11.3. The van der Waals surface area contributed by atoms with Gasteiger partial charge in [0.25, 0.3) is 0 Å². The first kappa shape index (κ1) is 22.9. The van der Waals surface area contributed by atoms with Crippen LogP contribution in [0.4, 0.5) is 0 Å². The van der Waals surface area contributed by atoms with E-state index in [0.29, 0.717) is 32.1 Å². The van der Waals surface area contributed by atoms with Gasteiger partial charge in [-0.15, -0.1) is 0 Å². The third-order valence-corrected chi connectivity index (χ3v) is 5.94. The summed E-state index contributed by atoms with van der Waals surface area (Å²) < 4.78 is 34.4. The molecule has 0 fully saturated rings. The van der Waals surface area contributed by atoms with E-state index in [1.807, 2.05) is 13.0 Å². The van der Waals surface area contributed by atoms with E-state index in [1.54, 1.807) is 19.2 Å². The molecular formula is C22H30N4O4S. The molecule has 0 aromatic heterocycles. The molecule has 0 radical (unpaired) electrons. The lowest BCUT2D eigenvalue weighted by molar-refractivity contribution is 0.254. The second-order valence-corrected chi connectivity index (χ2v) is 8.99. The van der Waals surface area contributed by atoms with Gasteiger partial charge < -0.3 is 20.1 Å². The maximum Gasteiger partial charge on any atom is 0.238 e. The lowest BCUT2D eigenvalue weighted by atomic mass is 10.1. The second kappa shape index (κ2) is 10.0. The molecule has 0 spiro atoms. The summed E-state index contributed by atoms with van der Waals surface area (Å²) >= 11 is 0. The standard InChI is InChI=1S/C22H30N4O4S/c1-4-29-20-12-17-11-15(2)30-21(17)13-18(20)14-26-22(24-3)25-10-9-16-5-7-19(8-6-16)31(23,27)28/h5-8,12-13,15H,4,9-11,14H2,1-3H3,(H2,23,27,28)(H2,24,25,26). The number of primary sulfonamides is 1. The first-order valence-electron chi connectivity index (χ1n) is 10.3. The van der Waals surface area contributed by atoms with Crippen molar-refractivity contribution in [2.24, 2.45) is 10.1 Å². The van der Waals surface area contributed by atoms with Gasteiger partial charge >= 0.3 is 0 Å². The molecule has 31 heavy (non-hydrogen) atoms. The van der Waals surface area contributed by atoms with Crippen molar-refractivity contribution in [2.45, 2.75) is 44.2 Å². The summed E-state index contributed by atoms with van der Waals surface area (Å²) in [6.45, 7) is 5.81. The number of guanidine groups is 1. The van der Waals surface area contributed by atoms with E-state index in [9.17, 15) is 8.42 Å². The molecule has 1 heterocycles. The van der Waals surface area contributed by atoms with Gasteiger partial charge in [0.1, 0.15) is 17.6 Å². The van der Waals surface area contributed by atoms with Crippen LogP contribution in [0.25, 0.3) is 0 Å². The Morgan fingerprint density at radius 1 is 1.26 bits per heavy atom. The van der Waals surface area contributed by atoms with Crippen LogP contribution in [0.3, 0.4) is 0 Å². The second-order valence-electron chi connectivity index (χ2n) is 7.42. The van der Waals surface area contributed by atoms with Gasteiger partial charge in [0.15, 0.2) is 5.96 Å². The van der Waals surface area contributed by atoms with Crippen molar-refractivity contribution >= 4 is 16.0 Å². The Hall–Kier alpha value is -2.78. The van der Waals surface area contributed by atoms with Crippen molar-refractivity contribution in [1.29, 1.82) is 0 Å². The Labute approximate surface area is 183 Å². The van der Waals surface area contributed by atoms with Crippen molar-refractivity contribution in [1.82, 2.24) is 10.6 Å². The molecule has 3 rings (SSSR count). The lowest BCUT2D eigenvalue weighted by Crippen LogP contribution is -2.37. The maximum atomic E-state index is 11.3. The first-order valence-corrected chi connectivity index (χ1v) is 11.9. The van der Waals surface area contributed by atoms with E-state index in [2.05, 4.69) is 28.6 Å². The summed E-state index contributed by atoms with van der Waals surface area (Å²) in [4.78, 5) is 4.38. The van der Waals surface area contributed by atoms with E-state index < -0.39 is 10.0 Å². The largest absolute Gasteiger partial charge is 0.494 e. The molecule has 0 bridgehead atoms. The minimum absolute atomic E-state index is 0.111. The van der Waals surface area contributed by atoms with Crippen molar-refractivity contribution < 1.29 is 17.9 Å². The Morgan fingerprint density at radius 2 is 2.00 bits per heavy atom. The number of benzene rings is 2. The van der Waals surface area contributed by atoms with Crippen molar-refractivity contribution in [3.63, 3.8) is 0 Å². The van der Waals surface area contributed by atoms with Gasteiger partial charge in [-0.05, 0) is 50.1 Å². The molecule has 0 saturated carbocycles. The summed E-state index contributed by atoms with van der Waals surface area (Å²) in [5, 5.41) is 11.7. The molecule has 1 aliphatic rings. The molecule has 0 amide bonds. The van der Waals surface area contributed by atoms with Crippen molar-refractivity contribution in [3.05, 3.63) is 53.1 Å². The summed E-state index contributed by atoms with van der Waals surface area (Å²) in [5.41, 5.74) is 3.19. The van der Waals surface area contributed by atoms with Crippen LogP contribution < -0.4 is 25.2 Å². The van der Waals surface area contributed by atoms with Crippen LogP contribution in [0.2, 0.25) is 0 Å². The van der Waals surface area contributed by atoms with E-state index in [-0.39, 0.29) is 11.0 Å². The highest BCUT2D eigenvalue weighted by Gasteiger charge is 2.22. The fourth-order valence-corrected chi connectivity index (χ4v) is 4.00. The Morgan fingerprint density at radius 3 is 2.65 bits per heavy atom. The highest BCUT2D eigenvalue weighted by atomic mass is 32.2. The molecule has 4 N–H and O–H groups in total. The number of aliphatic imine (C=N–C) groups is 1. The number of nitrogens with one attached hydrogen (secondary N) is 2. The van der Waals surface area contributed by atoms with Crippen LogP contribution in [0.1, 0.15) is 30.5 Å².